The van der Waals surface area contributed by atoms with Gasteiger partial charge in [-0.1, -0.05) is 201 Å². The fourth-order valence-corrected chi connectivity index (χ4v) is 11.5. The first-order valence-electron chi connectivity index (χ1n) is 25.6. The summed E-state index contributed by atoms with van der Waals surface area (Å²) in [5.41, 5.74) is 16.5. The summed E-state index contributed by atoms with van der Waals surface area (Å²) in [6.45, 7) is 22.8. The van der Waals surface area contributed by atoms with Gasteiger partial charge < -0.3 is 19.1 Å². The van der Waals surface area contributed by atoms with Gasteiger partial charge in [-0.05, 0) is 80.0 Å². The number of hydrogen-bond acceptors (Lipinski definition) is 5. The molecule has 5 nitrogen and oxygen atoms in total. The zero-order valence-corrected chi connectivity index (χ0v) is 47.0. The Balaban J connectivity index is 0.00000602. The van der Waals surface area contributed by atoms with Crippen LogP contribution in [0.25, 0.3) is 70.4 Å². The van der Waals surface area contributed by atoms with Crippen LogP contribution in [-0.2, 0) is 37.3 Å². The van der Waals surface area contributed by atoms with Crippen LogP contribution in [0.2, 0.25) is 0 Å². The zero-order valence-electron chi connectivity index (χ0n) is 43.9. The van der Waals surface area contributed by atoms with Crippen LogP contribution in [0.15, 0.2) is 188 Å². The number of thiophene rings is 1. The van der Waals surface area contributed by atoms with Crippen molar-refractivity contribution in [2.75, 3.05) is 9.80 Å². The van der Waals surface area contributed by atoms with Gasteiger partial charge in [0.1, 0.15) is 5.82 Å². The molecule has 0 saturated carbocycles. The third-order valence-electron chi connectivity index (χ3n) is 14.4. The molecule has 0 saturated heterocycles. The molecule has 7 heteroatoms. The van der Waals surface area contributed by atoms with E-state index in [1.54, 1.807) is 0 Å². The van der Waals surface area contributed by atoms with Gasteiger partial charge in [0, 0.05) is 81.7 Å². The predicted octanol–water partition coefficient (Wildman–Crippen LogP) is 19.1. The second kappa shape index (κ2) is 19.2. The molecule has 11 aromatic rings. The van der Waals surface area contributed by atoms with E-state index in [1.165, 1.54) is 37.0 Å². The first-order valence-corrected chi connectivity index (χ1v) is 26.4. The second-order valence-corrected chi connectivity index (χ2v) is 23.7. The van der Waals surface area contributed by atoms with E-state index < -0.39 is 0 Å². The molecule has 0 fully saturated rings. The number of para-hydroxylation sites is 3. The smallest absolute Gasteiger partial charge is 0.135 e. The molecule has 1 aliphatic heterocycles. The molecule has 0 spiro atoms. The maximum Gasteiger partial charge on any atom is 0.135 e. The summed E-state index contributed by atoms with van der Waals surface area (Å²) < 4.78 is 11.7. The number of ether oxygens (including phenoxy) is 1. The fourth-order valence-electron chi connectivity index (χ4n) is 10.3. The third-order valence-corrected chi connectivity index (χ3v) is 15.6. The number of benzene rings is 8. The van der Waals surface area contributed by atoms with Crippen LogP contribution in [0.1, 0.15) is 79.0 Å². The van der Waals surface area contributed by atoms with Gasteiger partial charge in [0.15, 0.2) is 0 Å². The van der Waals surface area contributed by atoms with Crippen molar-refractivity contribution < 1.29 is 25.8 Å². The van der Waals surface area contributed by atoms with Crippen LogP contribution in [0, 0.1) is 18.8 Å². The van der Waals surface area contributed by atoms with E-state index in [0.29, 0.717) is 11.5 Å². The molecule has 0 amide bonds. The molecular formula is C68H59N4OPtS-3. The summed E-state index contributed by atoms with van der Waals surface area (Å²) in [4.78, 5) is 9.64. The van der Waals surface area contributed by atoms with Crippen molar-refractivity contribution in [2.45, 2.75) is 78.6 Å². The van der Waals surface area contributed by atoms with Crippen LogP contribution in [0.5, 0.6) is 11.5 Å². The van der Waals surface area contributed by atoms with Crippen LogP contribution in [0.4, 0.5) is 22.7 Å². The number of pyridine rings is 1. The first kappa shape index (κ1) is 49.9. The molecular weight excluding hydrogens is 1120 g/mol. The molecule has 0 atom stereocenters. The van der Waals surface area contributed by atoms with Crippen LogP contribution in [0.3, 0.4) is 0 Å². The Labute approximate surface area is 460 Å². The number of hydrogen-bond donors (Lipinski definition) is 0. The van der Waals surface area contributed by atoms with E-state index in [-0.39, 0.29) is 37.3 Å². The predicted molar refractivity (Wildman–Crippen MR) is 312 cm³/mol. The summed E-state index contributed by atoms with van der Waals surface area (Å²) in [6.07, 6.45) is 1.93. The van der Waals surface area contributed by atoms with Gasteiger partial charge in [-0.3, -0.25) is 0 Å². The molecule has 4 heterocycles. The molecule has 12 rings (SSSR count). The number of anilines is 4. The average Bonchev–Trinajstić information content (AvgIpc) is 4.08. The first-order chi connectivity index (χ1) is 35.6. The van der Waals surface area contributed by atoms with Crippen molar-refractivity contribution in [3.8, 4) is 50.7 Å². The number of rotatable bonds is 8. The standard InChI is InChI=1S/C68H59N4OS.Pt/c1-66(2,3)48-33-34-69-62(40-48)72-60-42-52(31-32-56(60)65-64(72)57-25-16-19-30-61(57)74-65)73-53-38-46(44-21-12-10-13-22-44)37-51(41-53)70-43-71(59-29-18-17-28-58(59)70)63-54(45-23-14-11-15-24-45)26-20-27-55(63)47-35-49(67(4,5)6)39-50(36-47)68(7,8)9;/h10-40,43H,1-9H3;/q-3;. The van der Waals surface area contributed by atoms with E-state index in [4.69, 9.17) is 9.72 Å². The van der Waals surface area contributed by atoms with Crippen LogP contribution < -0.4 is 14.5 Å². The van der Waals surface area contributed by atoms with Gasteiger partial charge in [-0.2, -0.15) is 6.07 Å². The minimum absolute atomic E-state index is 0. The monoisotopic (exact) mass is 1170 g/mol. The van der Waals surface area contributed by atoms with E-state index in [0.717, 1.165) is 72.8 Å². The van der Waals surface area contributed by atoms with Gasteiger partial charge in [-0.15, -0.1) is 59.6 Å². The van der Waals surface area contributed by atoms with Crippen molar-refractivity contribution in [3.05, 3.63) is 224 Å². The third kappa shape index (κ3) is 9.27. The molecule has 0 N–H and O–H groups in total. The van der Waals surface area contributed by atoms with Crippen molar-refractivity contribution in [2.24, 2.45) is 0 Å². The molecule has 8 aromatic carbocycles. The molecule has 75 heavy (non-hydrogen) atoms. The second-order valence-electron chi connectivity index (χ2n) is 22.6. The zero-order chi connectivity index (χ0) is 51.1. The minimum atomic E-state index is -0.0577. The Morgan fingerprint density at radius 2 is 1.11 bits per heavy atom. The largest absolute Gasteiger partial charge is 0.509 e. The maximum atomic E-state index is 7.01. The molecule has 1 aliphatic rings. The van der Waals surface area contributed by atoms with E-state index in [1.807, 2.05) is 23.6 Å². The minimum Gasteiger partial charge on any atom is -0.509 e. The van der Waals surface area contributed by atoms with Gasteiger partial charge in [-0.25, -0.2) is 4.98 Å². The fraction of sp³-hybridized carbons (Fsp3) is 0.176. The van der Waals surface area contributed by atoms with Gasteiger partial charge in [0.05, 0.1) is 5.52 Å². The summed E-state index contributed by atoms with van der Waals surface area (Å²) in [5, 5.41) is 2.30. The Morgan fingerprint density at radius 3 is 1.79 bits per heavy atom. The normalized spacial score (nSPS) is 12.9. The number of fused-ring (bicyclic) bond motifs is 6. The van der Waals surface area contributed by atoms with E-state index >= 15 is 0 Å². The Hall–Kier alpha value is -7.24. The average molecular weight is 1180 g/mol. The van der Waals surface area contributed by atoms with Crippen LogP contribution in [-0.4, -0.2) is 9.55 Å². The molecule has 0 aliphatic carbocycles. The topological polar surface area (TPSA) is 33.5 Å². The van der Waals surface area contributed by atoms with E-state index in [9.17, 15) is 0 Å². The Kier molecular flexibility index (Phi) is 12.8. The SMILES string of the molecule is CC(C)(C)c1cc(-c2cccc(-c3ccccc3)c2N2[CH-]N(c3[c-]c(Oc4[c-]c5c(cc4)c4sc6ccccc6c4n5-c4cc(C(C)(C)C)ccn4)cc(-c4ccccc4)c3)c3ccccc32)cc(C(C)(C)C)c1.[Pt]. The van der Waals surface area contributed by atoms with Crippen molar-refractivity contribution in [1.29, 1.82) is 0 Å². The number of aromatic nitrogens is 2. The maximum absolute atomic E-state index is 7.01. The van der Waals surface area contributed by atoms with E-state index in [2.05, 4.69) is 271 Å². The quantitative estimate of drug-likeness (QED) is 0.142. The molecule has 376 valence electrons. The van der Waals surface area contributed by atoms with Crippen LogP contribution >= 0.6 is 11.3 Å². The van der Waals surface area contributed by atoms with Gasteiger partial charge in [0.25, 0.3) is 0 Å². The number of nitrogens with zero attached hydrogens (tertiary/aromatic N) is 4. The van der Waals surface area contributed by atoms with Crippen molar-refractivity contribution in [3.63, 3.8) is 0 Å². The summed E-state index contributed by atoms with van der Waals surface area (Å²) in [6, 6.07) is 73.0. The summed E-state index contributed by atoms with van der Waals surface area (Å²) >= 11 is 1.81. The summed E-state index contributed by atoms with van der Waals surface area (Å²) in [7, 11) is 0. The van der Waals surface area contributed by atoms with Crippen molar-refractivity contribution >= 4 is 65.3 Å². The Bertz CT molecular complexity index is 3900. The molecule has 3 aromatic heterocycles. The molecule has 0 bridgehead atoms. The summed E-state index contributed by atoms with van der Waals surface area (Å²) in [5.74, 6) is 2.03. The molecule has 0 radical (unpaired) electrons. The Morgan fingerprint density at radius 1 is 0.493 bits per heavy atom. The van der Waals surface area contributed by atoms with Crippen molar-refractivity contribution in [1.82, 2.24) is 9.55 Å². The van der Waals surface area contributed by atoms with Gasteiger partial charge in [0.2, 0.25) is 0 Å². The molecule has 0 unspecified atom stereocenters. The van der Waals surface area contributed by atoms with Gasteiger partial charge >= 0.3 is 0 Å².